The molecule has 2 nitrogen and oxygen atoms in total. The van der Waals surface area contributed by atoms with Crippen molar-refractivity contribution in [3.05, 3.63) is 23.3 Å². The summed E-state index contributed by atoms with van der Waals surface area (Å²) in [5.41, 5.74) is 2.83. The fourth-order valence-electron chi connectivity index (χ4n) is 2.63. The third-order valence-corrected chi connectivity index (χ3v) is 3.30. The summed E-state index contributed by atoms with van der Waals surface area (Å²) in [6.07, 6.45) is 9.01. The van der Waals surface area contributed by atoms with E-state index in [-0.39, 0.29) is 12.1 Å². The molecule has 0 radical (unpaired) electrons. The second kappa shape index (κ2) is 4.21. The number of hydrogen-bond acceptors (Lipinski definition) is 2. The predicted octanol–water partition coefficient (Wildman–Crippen LogP) is 2.99. The van der Waals surface area contributed by atoms with Crippen LogP contribution < -0.4 is 0 Å². The van der Waals surface area contributed by atoms with Gasteiger partial charge in [-0.2, -0.15) is 0 Å². The molecule has 0 aromatic rings. The zero-order valence-electron chi connectivity index (χ0n) is 9.45. The Morgan fingerprint density at radius 2 is 2.33 bits per heavy atom. The van der Waals surface area contributed by atoms with Gasteiger partial charge >= 0.3 is 5.97 Å². The van der Waals surface area contributed by atoms with Gasteiger partial charge in [-0.3, -0.25) is 4.79 Å². The van der Waals surface area contributed by atoms with Crippen LogP contribution >= 0.6 is 0 Å². The van der Waals surface area contributed by atoms with Gasteiger partial charge in [-0.25, -0.2) is 0 Å². The molecule has 82 valence electrons. The molecule has 0 aliphatic heterocycles. The van der Waals surface area contributed by atoms with E-state index in [0.717, 1.165) is 19.3 Å². The van der Waals surface area contributed by atoms with Crippen molar-refractivity contribution in [2.24, 2.45) is 5.92 Å². The number of rotatable bonds is 1. The molecule has 15 heavy (non-hydrogen) atoms. The monoisotopic (exact) mass is 206 g/mol. The van der Waals surface area contributed by atoms with E-state index in [1.807, 2.05) is 0 Å². The minimum atomic E-state index is -0.146. The minimum absolute atomic E-state index is 0.117. The van der Waals surface area contributed by atoms with Crippen molar-refractivity contribution in [1.29, 1.82) is 0 Å². The summed E-state index contributed by atoms with van der Waals surface area (Å²) < 4.78 is 5.39. The van der Waals surface area contributed by atoms with Crippen molar-refractivity contribution in [3.8, 4) is 0 Å². The van der Waals surface area contributed by atoms with E-state index in [0.29, 0.717) is 5.92 Å². The molecule has 0 aromatic heterocycles. The summed E-state index contributed by atoms with van der Waals surface area (Å²) in [5.74, 6) is 0.305. The van der Waals surface area contributed by atoms with Gasteiger partial charge in [-0.05, 0) is 32.6 Å². The molecule has 0 amide bonds. The lowest BCUT2D eigenvalue weighted by Gasteiger charge is -2.34. The quantitative estimate of drug-likeness (QED) is 0.616. The van der Waals surface area contributed by atoms with Crippen molar-refractivity contribution in [3.63, 3.8) is 0 Å². The van der Waals surface area contributed by atoms with Gasteiger partial charge in [0, 0.05) is 12.8 Å². The van der Waals surface area contributed by atoms with Gasteiger partial charge in [0.1, 0.15) is 6.10 Å². The van der Waals surface area contributed by atoms with Gasteiger partial charge in [0.05, 0.1) is 0 Å². The van der Waals surface area contributed by atoms with E-state index >= 15 is 0 Å². The zero-order chi connectivity index (χ0) is 10.8. The minimum Gasteiger partial charge on any atom is -0.462 e. The first kappa shape index (κ1) is 10.5. The maximum atomic E-state index is 11.0. The van der Waals surface area contributed by atoms with E-state index in [1.54, 1.807) is 0 Å². The maximum Gasteiger partial charge on any atom is 0.302 e. The first-order valence-corrected chi connectivity index (χ1v) is 5.71. The van der Waals surface area contributed by atoms with E-state index in [1.165, 1.54) is 24.5 Å². The molecule has 2 aliphatic carbocycles. The largest absolute Gasteiger partial charge is 0.462 e. The SMILES string of the molecule is CC(=O)OC1CCCC2=CC(C)=CCC21. The van der Waals surface area contributed by atoms with Crippen molar-refractivity contribution in [2.45, 2.75) is 45.6 Å². The van der Waals surface area contributed by atoms with Gasteiger partial charge in [-0.15, -0.1) is 0 Å². The Bertz CT molecular complexity index is 325. The molecule has 0 bridgehead atoms. The summed E-state index contributed by atoms with van der Waals surface area (Å²) in [6.45, 7) is 3.64. The van der Waals surface area contributed by atoms with Gasteiger partial charge in [0.25, 0.3) is 0 Å². The van der Waals surface area contributed by atoms with Crippen LogP contribution in [0.25, 0.3) is 0 Å². The Morgan fingerprint density at radius 3 is 3.07 bits per heavy atom. The molecule has 1 saturated carbocycles. The third-order valence-electron chi connectivity index (χ3n) is 3.30. The van der Waals surface area contributed by atoms with E-state index < -0.39 is 0 Å². The number of hydrogen-bond donors (Lipinski definition) is 0. The van der Waals surface area contributed by atoms with Crippen LogP contribution in [-0.4, -0.2) is 12.1 Å². The molecule has 0 heterocycles. The van der Waals surface area contributed by atoms with Crippen LogP contribution in [0.15, 0.2) is 23.3 Å². The molecule has 1 fully saturated rings. The highest BCUT2D eigenvalue weighted by Gasteiger charge is 2.31. The van der Waals surface area contributed by atoms with Crippen molar-refractivity contribution in [1.82, 2.24) is 0 Å². The van der Waals surface area contributed by atoms with E-state index in [9.17, 15) is 4.79 Å². The smallest absolute Gasteiger partial charge is 0.302 e. The first-order valence-electron chi connectivity index (χ1n) is 5.71. The standard InChI is InChI=1S/C13H18O2/c1-9-6-7-12-11(8-9)4-3-5-13(12)15-10(2)14/h6,8,12-13H,3-5,7H2,1-2H3. The number of allylic oxidation sites excluding steroid dienone is 3. The highest BCUT2D eigenvalue weighted by atomic mass is 16.5. The van der Waals surface area contributed by atoms with Crippen LogP contribution in [0.3, 0.4) is 0 Å². The molecule has 2 atom stereocenters. The fourth-order valence-corrected chi connectivity index (χ4v) is 2.63. The normalized spacial score (nSPS) is 30.0. The maximum absolute atomic E-state index is 11.0. The Balaban J connectivity index is 2.11. The van der Waals surface area contributed by atoms with Crippen molar-refractivity contribution in [2.75, 3.05) is 0 Å². The van der Waals surface area contributed by atoms with Crippen LogP contribution in [0, 0.1) is 5.92 Å². The molecule has 2 unspecified atom stereocenters. The lowest BCUT2D eigenvalue weighted by Crippen LogP contribution is -2.31. The summed E-state index contributed by atoms with van der Waals surface area (Å²) in [4.78, 5) is 11.0. The summed E-state index contributed by atoms with van der Waals surface area (Å²) in [7, 11) is 0. The second-order valence-corrected chi connectivity index (χ2v) is 4.55. The highest BCUT2D eigenvalue weighted by Crippen LogP contribution is 2.37. The summed E-state index contributed by atoms with van der Waals surface area (Å²) in [5, 5.41) is 0. The van der Waals surface area contributed by atoms with Gasteiger partial charge in [-0.1, -0.05) is 23.3 Å². The van der Waals surface area contributed by atoms with Crippen LogP contribution in [0.2, 0.25) is 0 Å². The van der Waals surface area contributed by atoms with Crippen molar-refractivity contribution >= 4 is 5.97 Å². The zero-order valence-corrected chi connectivity index (χ0v) is 9.45. The topological polar surface area (TPSA) is 26.3 Å². The van der Waals surface area contributed by atoms with Crippen LogP contribution in [0.1, 0.15) is 39.5 Å². The van der Waals surface area contributed by atoms with E-state index in [4.69, 9.17) is 4.74 Å². The summed E-state index contributed by atoms with van der Waals surface area (Å²) in [6, 6.07) is 0. The fraction of sp³-hybridized carbons (Fsp3) is 0.615. The van der Waals surface area contributed by atoms with Gasteiger partial charge in [0.2, 0.25) is 0 Å². The Morgan fingerprint density at radius 1 is 1.53 bits per heavy atom. The Kier molecular flexibility index (Phi) is 2.94. The van der Waals surface area contributed by atoms with Crippen LogP contribution in [0.4, 0.5) is 0 Å². The van der Waals surface area contributed by atoms with Crippen molar-refractivity contribution < 1.29 is 9.53 Å². The molecule has 0 aromatic carbocycles. The van der Waals surface area contributed by atoms with E-state index in [2.05, 4.69) is 19.1 Å². The average molecular weight is 206 g/mol. The van der Waals surface area contributed by atoms with Gasteiger partial charge < -0.3 is 4.74 Å². The average Bonchev–Trinajstić information content (AvgIpc) is 2.16. The molecule has 2 aliphatic rings. The second-order valence-electron chi connectivity index (χ2n) is 4.55. The first-order chi connectivity index (χ1) is 7.16. The Hall–Kier alpha value is -1.05. The van der Waals surface area contributed by atoms with Crippen LogP contribution in [-0.2, 0) is 9.53 Å². The third kappa shape index (κ3) is 2.31. The number of carbonyl (C=O) groups excluding carboxylic acids is 1. The highest BCUT2D eigenvalue weighted by molar-refractivity contribution is 5.66. The molecular formula is C13H18O2. The number of ether oxygens (including phenoxy) is 1. The molecular weight excluding hydrogens is 188 g/mol. The number of carbonyl (C=O) groups is 1. The predicted molar refractivity (Wildman–Crippen MR) is 59.4 cm³/mol. The number of esters is 1. The number of fused-ring (bicyclic) bond motifs is 1. The van der Waals surface area contributed by atoms with Crippen LogP contribution in [0.5, 0.6) is 0 Å². The lowest BCUT2D eigenvalue weighted by atomic mass is 9.76. The molecule has 2 heteroatoms. The molecule has 0 spiro atoms. The molecule has 0 saturated heterocycles. The molecule has 0 N–H and O–H groups in total. The molecule has 2 rings (SSSR count). The Labute approximate surface area is 91.0 Å². The summed E-state index contributed by atoms with van der Waals surface area (Å²) >= 11 is 0. The van der Waals surface area contributed by atoms with Gasteiger partial charge in [0.15, 0.2) is 0 Å². The lowest BCUT2D eigenvalue weighted by molar-refractivity contribution is -0.149.